The van der Waals surface area contributed by atoms with Gasteiger partial charge in [-0.3, -0.25) is 4.99 Å². The van der Waals surface area contributed by atoms with Crippen LogP contribution in [-0.4, -0.2) is 70.0 Å². The van der Waals surface area contributed by atoms with E-state index in [4.69, 9.17) is 0 Å². The fourth-order valence-electron chi connectivity index (χ4n) is 3.38. The summed E-state index contributed by atoms with van der Waals surface area (Å²) in [6, 6.07) is 8.11. The van der Waals surface area contributed by atoms with Gasteiger partial charge in [0.1, 0.15) is 0 Å². The molecule has 0 unspecified atom stereocenters. The number of nitrogens with zero attached hydrogens (tertiary/aromatic N) is 3. The number of aliphatic imine (C=N–C) groups is 1. The predicted octanol–water partition coefficient (Wildman–Crippen LogP) is 2.92. The predicted molar refractivity (Wildman–Crippen MR) is 129 cm³/mol. The van der Waals surface area contributed by atoms with Crippen LogP contribution in [-0.2, 0) is 10.0 Å². The summed E-state index contributed by atoms with van der Waals surface area (Å²) in [7, 11) is -3.64. The second-order valence-electron chi connectivity index (χ2n) is 7.19. The molecule has 0 spiro atoms. The van der Waals surface area contributed by atoms with Crippen LogP contribution in [0.4, 0.5) is 18.9 Å². The van der Waals surface area contributed by atoms with E-state index in [9.17, 15) is 21.6 Å². The number of anilines is 1. The van der Waals surface area contributed by atoms with Gasteiger partial charge >= 0.3 is 15.5 Å². The molecule has 0 atom stereocenters. The van der Waals surface area contributed by atoms with Gasteiger partial charge in [0.05, 0.1) is 0 Å². The topological polar surface area (TPSA) is 77.0 Å². The number of benzene rings is 1. The van der Waals surface area contributed by atoms with Crippen LogP contribution in [0.3, 0.4) is 0 Å². The number of piperidine rings is 1. The van der Waals surface area contributed by atoms with Gasteiger partial charge in [-0.2, -0.15) is 17.5 Å². The molecular formula is C19H31F3IN5O2S. The number of likely N-dealkylation sites (N-methyl/N-ethyl adjacent to an activating group) is 1. The lowest BCUT2D eigenvalue weighted by Crippen LogP contribution is -2.52. The first-order valence-corrected chi connectivity index (χ1v) is 11.4. The summed E-state index contributed by atoms with van der Waals surface area (Å²) in [5.41, 5.74) is -2.93. The molecule has 0 saturated carbocycles. The van der Waals surface area contributed by atoms with Crippen LogP contribution in [0.2, 0.25) is 0 Å². The fourth-order valence-corrected chi connectivity index (χ4v) is 4.36. The lowest BCUT2D eigenvalue weighted by Gasteiger charge is -2.32. The van der Waals surface area contributed by atoms with Crippen LogP contribution < -0.4 is 15.5 Å². The SMILES string of the molecule is CCN(CCNC(=NC)NC1CCN(S(=O)(=O)C(F)(F)F)CC1)c1cccc(C)c1.I. The Labute approximate surface area is 199 Å². The molecule has 1 fully saturated rings. The Morgan fingerprint density at radius 2 is 1.94 bits per heavy atom. The third-order valence-electron chi connectivity index (χ3n) is 5.07. The molecule has 12 heteroatoms. The molecule has 1 aromatic rings. The number of hydrogen-bond acceptors (Lipinski definition) is 4. The minimum absolute atomic E-state index is 0. The molecular weight excluding hydrogens is 546 g/mol. The van der Waals surface area contributed by atoms with E-state index in [0.29, 0.717) is 16.8 Å². The van der Waals surface area contributed by atoms with Gasteiger partial charge in [0.2, 0.25) is 0 Å². The molecule has 31 heavy (non-hydrogen) atoms. The Kier molecular flexibility index (Phi) is 10.8. The zero-order valence-corrected chi connectivity index (χ0v) is 21.1. The molecule has 1 aliphatic heterocycles. The maximum atomic E-state index is 12.7. The summed E-state index contributed by atoms with van der Waals surface area (Å²) >= 11 is 0. The van der Waals surface area contributed by atoms with E-state index in [1.807, 2.05) is 19.1 Å². The van der Waals surface area contributed by atoms with E-state index < -0.39 is 15.5 Å². The summed E-state index contributed by atoms with van der Waals surface area (Å²) in [6.45, 7) is 6.01. The number of guanidine groups is 1. The molecule has 2 N–H and O–H groups in total. The summed E-state index contributed by atoms with van der Waals surface area (Å²) in [6.07, 6.45) is 0.556. The fraction of sp³-hybridized carbons (Fsp3) is 0.632. The van der Waals surface area contributed by atoms with Gasteiger partial charge in [0.25, 0.3) is 0 Å². The Hall–Kier alpha value is -1.28. The van der Waals surface area contributed by atoms with E-state index >= 15 is 0 Å². The van der Waals surface area contributed by atoms with E-state index in [2.05, 4.69) is 39.6 Å². The molecule has 1 aromatic carbocycles. The molecule has 178 valence electrons. The van der Waals surface area contributed by atoms with E-state index in [1.165, 1.54) is 5.56 Å². The average Bonchev–Trinajstić information content (AvgIpc) is 2.70. The van der Waals surface area contributed by atoms with Crippen molar-refractivity contribution < 1.29 is 21.6 Å². The molecule has 7 nitrogen and oxygen atoms in total. The molecule has 1 saturated heterocycles. The quantitative estimate of drug-likeness (QED) is 0.296. The minimum Gasteiger partial charge on any atom is -0.370 e. The van der Waals surface area contributed by atoms with Crippen molar-refractivity contribution in [2.24, 2.45) is 4.99 Å². The molecule has 0 radical (unpaired) electrons. The highest BCUT2D eigenvalue weighted by atomic mass is 127. The number of alkyl halides is 3. The molecule has 0 aromatic heterocycles. The first-order valence-electron chi connectivity index (χ1n) is 9.93. The van der Waals surface area contributed by atoms with Gasteiger partial charge in [-0.1, -0.05) is 12.1 Å². The maximum absolute atomic E-state index is 12.7. The van der Waals surface area contributed by atoms with Gasteiger partial charge < -0.3 is 15.5 Å². The highest BCUT2D eigenvalue weighted by molar-refractivity contribution is 14.0. The van der Waals surface area contributed by atoms with Gasteiger partial charge in [-0.25, -0.2) is 8.42 Å². The van der Waals surface area contributed by atoms with Crippen molar-refractivity contribution in [3.8, 4) is 0 Å². The van der Waals surface area contributed by atoms with Crippen molar-refractivity contribution in [3.05, 3.63) is 29.8 Å². The van der Waals surface area contributed by atoms with Crippen LogP contribution >= 0.6 is 24.0 Å². The molecule has 0 bridgehead atoms. The molecule has 0 aliphatic carbocycles. The largest absolute Gasteiger partial charge is 0.511 e. The third kappa shape index (κ3) is 7.67. The second kappa shape index (κ2) is 12.1. The Morgan fingerprint density at radius 3 is 2.45 bits per heavy atom. The maximum Gasteiger partial charge on any atom is 0.511 e. The first-order chi connectivity index (χ1) is 14.1. The van der Waals surface area contributed by atoms with Crippen LogP contribution in [0.25, 0.3) is 0 Å². The highest BCUT2D eigenvalue weighted by Gasteiger charge is 2.50. The summed E-state index contributed by atoms with van der Waals surface area (Å²) in [5.74, 6) is 0.549. The Morgan fingerprint density at radius 1 is 1.29 bits per heavy atom. The Bertz CT molecular complexity index is 828. The monoisotopic (exact) mass is 577 g/mol. The zero-order chi connectivity index (χ0) is 22.4. The van der Waals surface area contributed by atoms with Crippen molar-refractivity contribution in [2.45, 2.75) is 38.2 Å². The number of aryl methyl sites for hydroxylation is 1. The second-order valence-corrected chi connectivity index (χ2v) is 9.12. The standard InChI is InChI=1S/C19H30F3N5O2S.HI/c1-4-26(17-7-5-6-15(2)14-17)13-10-24-18(23-3)25-16-8-11-27(12-9-16)30(28,29)19(20,21)22;/h5-7,14,16H,4,8-13H2,1-3H3,(H2,23,24,25);1H. The summed E-state index contributed by atoms with van der Waals surface area (Å²) < 4.78 is 61.5. The first kappa shape index (κ1) is 27.8. The molecule has 1 aliphatic rings. The van der Waals surface area contributed by atoms with Gasteiger partial charge in [0, 0.05) is 51.5 Å². The molecule has 2 rings (SSSR count). The van der Waals surface area contributed by atoms with Crippen molar-refractivity contribution in [3.63, 3.8) is 0 Å². The van der Waals surface area contributed by atoms with Crippen molar-refractivity contribution in [1.82, 2.24) is 14.9 Å². The van der Waals surface area contributed by atoms with Crippen LogP contribution in [0.15, 0.2) is 29.3 Å². The molecule has 0 amide bonds. The summed E-state index contributed by atoms with van der Waals surface area (Å²) in [4.78, 5) is 6.39. The van der Waals surface area contributed by atoms with Crippen molar-refractivity contribution in [1.29, 1.82) is 0 Å². The lowest BCUT2D eigenvalue weighted by atomic mass is 10.1. The smallest absolute Gasteiger partial charge is 0.370 e. The number of hydrogen-bond donors (Lipinski definition) is 2. The number of halogens is 4. The number of sulfonamides is 1. The minimum atomic E-state index is -5.26. The Balaban J connectivity index is 0.00000480. The van der Waals surface area contributed by atoms with Gasteiger partial charge in [-0.15, -0.1) is 24.0 Å². The van der Waals surface area contributed by atoms with Crippen molar-refractivity contribution in [2.75, 3.05) is 44.7 Å². The highest BCUT2D eigenvalue weighted by Crippen LogP contribution is 2.28. The van der Waals surface area contributed by atoms with Crippen LogP contribution in [0.5, 0.6) is 0 Å². The number of rotatable bonds is 7. The van der Waals surface area contributed by atoms with E-state index in [-0.39, 0.29) is 55.9 Å². The zero-order valence-electron chi connectivity index (χ0n) is 17.9. The average molecular weight is 577 g/mol. The van der Waals surface area contributed by atoms with Crippen LogP contribution in [0, 0.1) is 6.92 Å². The molecule has 1 heterocycles. The van der Waals surface area contributed by atoms with Crippen molar-refractivity contribution >= 4 is 45.6 Å². The van der Waals surface area contributed by atoms with Gasteiger partial charge in [0.15, 0.2) is 5.96 Å². The summed E-state index contributed by atoms with van der Waals surface area (Å²) in [5, 5.41) is 6.39. The lowest BCUT2D eigenvalue weighted by molar-refractivity contribution is -0.0494. The third-order valence-corrected chi connectivity index (χ3v) is 6.70. The number of nitrogens with one attached hydrogen (secondary N) is 2. The van der Waals surface area contributed by atoms with Gasteiger partial charge in [-0.05, 0) is 44.4 Å². The van der Waals surface area contributed by atoms with E-state index in [0.717, 1.165) is 18.8 Å². The van der Waals surface area contributed by atoms with Crippen LogP contribution in [0.1, 0.15) is 25.3 Å². The van der Waals surface area contributed by atoms with E-state index in [1.54, 1.807) is 7.05 Å². The normalized spacial score (nSPS) is 16.5.